The maximum absolute atomic E-state index is 14.5. The molecule has 3 aromatic carbocycles. The van der Waals surface area contributed by atoms with Crippen LogP contribution in [-0.2, 0) is 22.3 Å². The monoisotopic (exact) mass is 561 g/mol. The van der Waals surface area contributed by atoms with Crippen molar-refractivity contribution in [3.05, 3.63) is 83.2 Å². The van der Waals surface area contributed by atoms with Crippen LogP contribution in [0.3, 0.4) is 0 Å². The van der Waals surface area contributed by atoms with Gasteiger partial charge in [-0.25, -0.2) is 18.0 Å². The van der Waals surface area contributed by atoms with Crippen LogP contribution in [0.1, 0.15) is 37.3 Å². The largest absolute Gasteiger partial charge is 0.464 e. The fraction of sp³-hybridized carbons (Fsp3) is 0.310. The molecule has 5 nitrogen and oxygen atoms in total. The molecular weight excluding hydrogens is 536 g/mol. The summed E-state index contributed by atoms with van der Waals surface area (Å²) >= 11 is 0. The second kappa shape index (κ2) is 10.9. The van der Waals surface area contributed by atoms with Crippen LogP contribution in [0.15, 0.2) is 54.6 Å². The van der Waals surface area contributed by atoms with E-state index in [1.54, 1.807) is 31.2 Å². The summed E-state index contributed by atoms with van der Waals surface area (Å²) in [6.45, 7) is 2.05. The molecule has 0 bridgehead atoms. The molecule has 1 atom stereocenters. The number of aromatic nitrogens is 2. The molecule has 2 heterocycles. The smallest absolute Gasteiger partial charge is 0.418 e. The van der Waals surface area contributed by atoms with Gasteiger partial charge in [0, 0.05) is 40.9 Å². The predicted octanol–water partition coefficient (Wildman–Crippen LogP) is 7.11. The van der Waals surface area contributed by atoms with E-state index in [0.717, 1.165) is 29.3 Å². The number of carbonyl (C=O) groups is 1. The Balaban J connectivity index is 1.61. The first-order valence-corrected chi connectivity index (χ1v) is 12.8. The molecule has 1 aliphatic rings. The van der Waals surface area contributed by atoms with Crippen LogP contribution >= 0.6 is 0 Å². The van der Waals surface area contributed by atoms with Crippen LogP contribution in [0.2, 0.25) is 0 Å². The van der Waals surface area contributed by atoms with Crippen LogP contribution in [0.4, 0.5) is 32.0 Å². The van der Waals surface area contributed by atoms with Crippen molar-refractivity contribution >= 4 is 22.6 Å². The Morgan fingerprint density at radius 1 is 1.02 bits per heavy atom. The molecule has 1 saturated heterocycles. The number of benzene rings is 3. The summed E-state index contributed by atoms with van der Waals surface area (Å²) in [6.07, 6.45) is -2.33. The van der Waals surface area contributed by atoms with E-state index in [2.05, 4.69) is 5.10 Å². The minimum Gasteiger partial charge on any atom is -0.464 e. The van der Waals surface area contributed by atoms with Gasteiger partial charge in [-0.05, 0) is 44.4 Å². The Morgan fingerprint density at radius 2 is 1.73 bits per heavy atom. The van der Waals surface area contributed by atoms with Gasteiger partial charge in [0.2, 0.25) is 0 Å². The quantitative estimate of drug-likeness (QED) is 0.186. The second-order valence-corrected chi connectivity index (χ2v) is 9.56. The number of fused-ring (bicyclic) bond motifs is 1. The number of halogens is 6. The number of piperidine rings is 1. The van der Waals surface area contributed by atoms with Gasteiger partial charge in [-0.1, -0.05) is 24.3 Å². The molecule has 4 aromatic rings. The van der Waals surface area contributed by atoms with Crippen molar-refractivity contribution in [3.8, 4) is 11.3 Å². The van der Waals surface area contributed by atoms with Crippen LogP contribution in [-0.4, -0.2) is 34.9 Å². The van der Waals surface area contributed by atoms with Gasteiger partial charge in [0.1, 0.15) is 29.0 Å². The molecule has 0 N–H and O–H groups in total. The highest BCUT2D eigenvalue weighted by atomic mass is 19.4. The zero-order valence-electron chi connectivity index (χ0n) is 21.4. The summed E-state index contributed by atoms with van der Waals surface area (Å²) in [5, 5.41) is 4.25. The number of anilines is 1. The van der Waals surface area contributed by atoms with E-state index in [1.165, 1.54) is 12.1 Å². The van der Waals surface area contributed by atoms with Gasteiger partial charge in [0.25, 0.3) is 0 Å². The summed E-state index contributed by atoms with van der Waals surface area (Å²) < 4.78 is 90.3. The highest BCUT2D eigenvalue weighted by Gasteiger charge is 2.35. The summed E-state index contributed by atoms with van der Waals surface area (Å²) in [5.74, 6) is -3.79. The SMILES string of the molecule is CCOC(=O)C1CCCCN1c1ccc(-c2c3cccc(C(F)(F)F)c3nn2Cc2c(F)cc(F)cc2F)cc1. The Morgan fingerprint density at radius 3 is 2.38 bits per heavy atom. The van der Waals surface area contributed by atoms with Crippen molar-refractivity contribution in [2.24, 2.45) is 0 Å². The predicted molar refractivity (Wildman–Crippen MR) is 137 cm³/mol. The first-order valence-electron chi connectivity index (χ1n) is 12.8. The number of hydrogen-bond acceptors (Lipinski definition) is 4. The minimum atomic E-state index is -4.72. The van der Waals surface area contributed by atoms with Gasteiger partial charge in [-0.3, -0.25) is 4.68 Å². The number of rotatable bonds is 6. The molecule has 0 radical (unpaired) electrons. The Kier molecular flexibility index (Phi) is 7.48. The van der Waals surface area contributed by atoms with E-state index in [0.29, 0.717) is 30.7 Å². The summed E-state index contributed by atoms with van der Waals surface area (Å²) in [5.41, 5.74) is -0.535. The van der Waals surface area contributed by atoms with Crippen molar-refractivity contribution in [3.63, 3.8) is 0 Å². The molecule has 0 amide bonds. The van der Waals surface area contributed by atoms with Gasteiger partial charge >= 0.3 is 12.1 Å². The van der Waals surface area contributed by atoms with Gasteiger partial charge in [0.15, 0.2) is 0 Å². The zero-order valence-corrected chi connectivity index (χ0v) is 21.4. The Hall–Kier alpha value is -4.02. The van der Waals surface area contributed by atoms with Crippen molar-refractivity contribution in [1.82, 2.24) is 9.78 Å². The number of alkyl halides is 3. The number of ether oxygens (including phenoxy) is 1. The highest BCUT2D eigenvalue weighted by molar-refractivity contribution is 5.95. The van der Waals surface area contributed by atoms with Crippen LogP contribution in [0.5, 0.6) is 0 Å². The third kappa shape index (κ3) is 5.24. The number of carbonyl (C=O) groups excluding carboxylic acids is 1. The molecule has 0 saturated carbocycles. The lowest BCUT2D eigenvalue weighted by atomic mass is 10.00. The minimum absolute atomic E-state index is 0.132. The van der Waals surface area contributed by atoms with E-state index in [9.17, 15) is 31.1 Å². The van der Waals surface area contributed by atoms with Crippen molar-refractivity contribution in [2.75, 3.05) is 18.1 Å². The lowest BCUT2D eigenvalue weighted by Crippen LogP contribution is -2.45. The van der Waals surface area contributed by atoms with Crippen molar-refractivity contribution < 1.29 is 35.9 Å². The van der Waals surface area contributed by atoms with E-state index < -0.39 is 47.3 Å². The van der Waals surface area contributed by atoms with Crippen LogP contribution in [0, 0.1) is 17.5 Å². The number of hydrogen-bond donors (Lipinski definition) is 0. The third-order valence-corrected chi connectivity index (χ3v) is 7.02. The highest BCUT2D eigenvalue weighted by Crippen LogP contribution is 2.39. The zero-order chi connectivity index (χ0) is 28.6. The van der Waals surface area contributed by atoms with E-state index in [1.807, 2.05) is 4.90 Å². The first kappa shape index (κ1) is 27.5. The molecule has 0 spiro atoms. The molecule has 1 unspecified atom stereocenters. The maximum atomic E-state index is 14.5. The van der Waals surface area contributed by atoms with Gasteiger partial charge in [-0.2, -0.15) is 18.3 Å². The molecular formula is C29H25F6N3O2. The fourth-order valence-electron chi connectivity index (χ4n) is 5.21. The molecule has 0 aliphatic carbocycles. The molecule has 5 rings (SSSR count). The molecule has 40 heavy (non-hydrogen) atoms. The summed E-state index contributed by atoms with van der Waals surface area (Å²) in [7, 11) is 0. The molecule has 11 heteroatoms. The Labute approximate surface area is 226 Å². The van der Waals surface area contributed by atoms with E-state index in [-0.39, 0.29) is 29.2 Å². The molecule has 1 fully saturated rings. The third-order valence-electron chi connectivity index (χ3n) is 7.02. The van der Waals surface area contributed by atoms with Crippen LogP contribution in [0.25, 0.3) is 22.2 Å². The maximum Gasteiger partial charge on any atom is 0.418 e. The first-order chi connectivity index (χ1) is 19.1. The standard InChI is InChI=1S/C29H25F6N3O2/c1-2-40-28(39)25-8-3-4-13-37(25)19-11-9-17(10-12-19)27-20-6-5-7-22(29(33,34)35)26(20)36-38(27)16-21-23(31)14-18(30)15-24(21)32/h5-7,9-12,14-15,25H,2-4,8,13,16H2,1H3. The van der Waals surface area contributed by atoms with Crippen molar-refractivity contribution in [1.29, 1.82) is 0 Å². The fourth-order valence-corrected chi connectivity index (χ4v) is 5.21. The van der Waals surface area contributed by atoms with Crippen LogP contribution < -0.4 is 4.90 Å². The number of esters is 1. The normalized spacial score (nSPS) is 16.0. The average Bonchev–Trinajstić information content (AvgIpc) is 3.28. The lowest BCUT2D eigenvalue weighted by molar-refractivity contribution is -0.145. The lowest BCUT2D eigenvalue weighted by Gasteiger charge is -2.35. The van der Waals surface area contributed by atoms with E-state index in [4.69, 9.17) is 4.74 Å². The average molecular weight is 562 g/mol. The van der Waals surface area contributed by atoms with Gasteiger partial charge in [0.05, 0.1) is 24.4 Å². The van der Waals surface area contributed by atoms with Gasteiger partial charge < -0.3 is 9.64 Å². The molecule has 210 valence electrons. The molecule has 1 aromatic heterocycles. The second-order valence-electron chi connectivity index (χ2n) is 9.56. The topological polar surface area (TPSA) is 47.4 Å². The summed E-state index contributed by atoms with van der Waals surface area (Å²) in [6, 6.07) is 11.0. The number of nitrogens with zero attached hydrogens (tertiary/aromatic N) is 3. The molecule has 1 aliphatic heterocycles. The van der Waals surface area contributed by atoms with Crippen molar-refractivity contribution in [2.45, 2.75) is 44.9 Å². The van der Waals surface area contributed by atoms with E-state index >= 15 is 0 Å². The van der Waals surface area contributed by atoms with Gasteiger partial charge in [-0.15, -0.1) is 0 Å². The Bertz CT molecular complexity index is 1530. The summed E-state index contributed by atoms with van der Waals surface area (Å²) in [4.78, 5) is 14.5.